The van der Waals surface area contributed by atoms with E-state index in [9.17, 15) is 4.79 Å². The fraction of sp³-hybridized carbons (Fsp3) is 0.286. The van der Waals surface area contributed by atoms with Crippen LogP contribution in [0, 0.1) is 0 Å². The van der Waals surface area contributed by atoms with Crippen LogP contribution in [-0.2, 0) is 0 Å². The van der Waals surface area contributed by atoms with Gasteiger partial charge in [0.05, 0.1) is 20.3 Å². The van der Waals surface area contributed by atoms with E-state index in [1.165, 1.54) is 0 Å². The molecule has 0 aliphatic carbocycles. The monoisotopic (exact) mass is 428 g/mol. The Morgan fingerprint density at radius 2 is 2.00 bits per heavy atom. The van der Waals surface area contributed by atoms with Gasteiger partial charge < -0.3 is 19.4 Å². The van der Waals surface area contributed by atoms with Crippen LogP contribution in [0.4, 0.5) is 0 Å². The predicted octanol–water partition coefficient (Wildman–Crippen LogP) is 4.92. The van der Waals surface area contributed by atoms with Gasteiger partial charge in [0.25, 0.3) is 5.91 Å². The molecule has 0 radical (unpaired) electrons. The Morgan fingerprint density at radius 3 is 2.78 bits per heavy atom. The van der Waals surface area contributed by atoms with Crippen LogP contribution >= 0.6 is 15.9 Å². The number of nitrogens with one attached hydrogen (secondary N) is 1. The molecule has 6 heteroatoms. The van der Waals surface area contributed by atoms with Crippen molar-refractivity contribution in [2.75, 3.05) is 20.8 Å². The molecule has 140 valence electrons. The highest BCUT2D eigenvalue weighted by molar-refractivity contribution is 9.10. The van der Waals surface area contributed by atoms with Crippen LogP contribution in [-0.4, -0.2) is 36.6 Å². The Hall–Kier alpha value is -2.47. The normalized spacial score (nSPS) is 16.7. The minimum absolute atomic E-state index is 0.00898. The molecule has 0 saturated carbocycles. The van der Waals surface area contributed by atoms with Crippen molar-refractivity contribution in [3.05, 3.63) is 58.2 Å². The van der Waals surface area contributed by atoms with Crippen molar-refractivity contribution in [3.63, 3.8) is 0 Å². The second kappa shape index (κ2) is 7.27. The summed E-state index contributed by atoms with van der Waals surface area (Å²) in [6.45, 7) is 0.725. The molecule has 1 fully saturated rings. The number of hydrogen-bond donors (Lipinski definition) is 1. The van der Waals surface area contributed by atoms with Crippen molar-refractivity contribution >= 4 is 32.7 Å². The van der Waals surface area contributed by atoms with Crippen LogP contribution in [0.5, 0.6) is 11.5 Å². The molecule has 1 aliphatic rings. The van der Waals surface area contributed by atoms with E-state index < -0.39 is 0 Å². The second-order valence-electron chi connectivity index (χ2n) is 6.68. The highest BCUT2D eigenvalue weighted by atomic mass is 79.9. The van der Waals surface area contributed by atoms with E-state index in [1.807, 2.05) is 47.4 Å². The quantitative estimate of drug-likeness (QED) is 0.640. The molecule has 1 unspecified atom stereocenters. The topological polar surface area (TPSA) is 54.6 Å². The van der Waals surface area contributed by atoms with Gasteiger partial charge in [-0.15, -0.1) is 0 Å². The number of amides is 1. The van der Waals surface area contributed by atoms with Crippen LogP contribution in [0.15, 0.2) is 46.9 Å². The summed E-state index contributed by atoms with van der Waals surface area (Å²) < 4.78 is 11.9. The first-order valence-corrected chi connectivity index (χ1v) is 9.71. The number of fused-ring (bicyclic) bond motifs is 1. The smallest absolute Gasteiger partial charge is 0.270 e. The van der Waals surface area contributed by atoms with Crippen LogP contribution in [0.25, 0.3) is 10.9 Å². The van der Waals surface area contributed by atoms with E-state index >= 15 is 0 Å². The first-order chi connectivity index (χ1) is 13.1. The summed E-state index contributed by atoms with van der Waals surface area (Å²) in [6.07, 6.45) is 1.86. The lowest BCUT2D eigenvalue weighted by Gasteiger charge is -2.26. The number of aromatic amines is 1. The molecule has 1 saturated heterocycles. The fourth-order valence-electron chi connectivity index (χ4n) is 3.80. The standard InChI is InChI=1S/C21H21BrN2O3/c1-26-15-7-8-20(27-2)16(12-15)19-4-3-9-24(19)21(25)18-10-13-5-6-14(22)11-17(13)23-18/h5-8,10-12,19,23H,3-4,9H2,1-2H3. The summed E-state index contributed by atoms with van der Waals surface area (Å²) in [5.41, 5.74) is 2.54. The SMILES string of the molecule is COc1ccc(OC)c(C2CCCN2C(=O)c2cc3ccc(Br)cc3[nH]2)c1. The summed E-state index contributed by atoms with van der Waals surface area (Å²) in [5.74, 6) is 1.55. The highest BCUT2D eigenvalue weighted by Crippen LogP contribution is 2.39. The van der Waals surface area contributed by atoms with Crippen molar-refractivity contribution in [2.24, 2.45) is 0 Å². The first kappa shape index (κ1) is 17.9. The summed E-state index contributed by atoms with van der Waals surface area (Å²) in [7, 11) is 3.30. The third-order valence-corrected chi connectivity index (χ3v) is 5.62. The minimum Gasteiger partial charge on any atom is -0.497 e. The van der Waals surface area contributed by atoms with Gasteiger partial charge in [-0.3, -0.25) is 4.79 Å². The molecule has 5 nitrogen and oxygen atoms in total. The molecule has 1 aliphatic heterocycles. The maximum atomic E-state index is 13.3. The van der Waals surface area contributed by atoms with Gasteiger partial charge in [0.15, 0.2) is 0 Å². The Kier molecular flexibility index (Phi) is 4.83. The number of benzene rings is 2. The Balaban J connectivity index is 1.69. The maximum Gasteiger partial charge on any atom is 0.270 e. The van der Waals surface area contributed by atoms with Gasteiger partial charge >= 0.3 is 0 Å². The molecule has 2 heterocycles. The number of aromatic nitrogens is 1. The van der Waals surface area contributed by atoms with Gasteiger partial charge in [0.1, 0.15) is 17.2 Å². The largest absolute Gasteiger partial charge is 0.497 e. The summed E-state index contributed by atoms with van der Waals surface area (Å²) in [5, 5.41) is 1.02. The molecular weight excluding hydrogens is 408 g/mol. The molecule has 1 aromatic heterocycles. The lowest BCUT2D eigenvalue weighted by Crippen LogP contribution is -2.31. The van der Waals surface area contributed by atoms with Crippen LogP contribution in [0.3, 0.4) is 0 Å². The molecule has 1 atom stereocenters. The van der Waals surface area contributed by atoms with Gasteiger partial charge in [-0.25, -0.2) is 0 Å². The molecule has 4 rings (SSSR count). The molecular formula is C21H21BrN2O3. The van der Waals surface area contributed by atoms with E-state index in [2.05, 4.69) is 20.9 Å². The average molecular weight is 429 g/mol. The highest BCUT2D eigenvalue weighted by Gasteiger charge is 2.33. The number of nitrogens with zero attached hydrogens (tertiary/aromatic N) is 1. The van der Waals surface area contributed by atoms with Crippen LogP contribution in [0.1, 0.15) is 34.9 Å². The zero-order chi connectivity index (χ0) is 19.0. The van der Waals surface area contributed by atoms with E-state index in [0.717, 1.165) is 51.8 Å². The fourth-order valence-corrected chi connectivity index (χ4v) is 4.16. The van der Waals surface area contributed by atoms with Crippen molar-refractivity contribution < 1.29 is 14.3 Å². The lowest BCUT2D eigenvalue weighted by atomic mass is 10.0. The molecule has 1 amide bonds. The number of hydrogen-bond acceptors (Lipinski definition) is 3. The second-order valence-corrected chi connectivity index (χ2v) is 7.59. The van der Waals surface area contributed by atoms with Crippen molar-refractivity contribution in [2.45, 2.75) is 18.9 Å². The number of ether oxygens (including phenoxy) is 2. The average Bonchev–Trinajstić information content (AvgIpc) is 3.33. The zero-order valence-electron chi connectivity index (χ0n) is 15.3. The maximum absolute atomic E-state index is 13.3. The van der Waals surface area contributed by atoms with E-state index in [0.29, 0.717) is 5.69 Å². The Bertz CT molecular complexity index is 998. The zero-order valence-corrected chi connectivity index (χ0v) is 16.9. The lowest BCUT2D eigenvalue weighted by molar-refractivity contribution is 0.0729. The Morgan fingerprint density at radius 1 is 1.15 bits per heavy atom. The van der Waals surface area contributed by atoms with Crippen molar-refractivity contribution in [3.8, 4) is 11.5 Å². The third-order valence-electron chi connectivity index (χ3n) is 5.12. The predicted molar refractivity (Wildman–Crippen MR) is 109 cm³/mol. The molecule has 0 spiro atoms. The third kappa shape index (κ3) is 3.30. The van der Waals surface area contributed by atoms with Gasteiger partial charge in [-0.05, 0) is 49.2 Å². The number of H-pyrrole nitrogens is 1. The number of carbonyl (C=O) groups excluding carboxylic acids is 1. The molecule has 3 aromatic rings. The van der Waals surface area contributed by atoms with E-state index in [4.69, 9.17) is 9.47 Å². The summed E-state index contributed by atoms with van der Waals surface area (Å²) in [4.78, 5) is 18.4. The molecule has 1 N–H and O–H groups in total. The molecule has 2 aromatic carbocycles. The number of carbonyl (C=O) groups is 1. The summed E-state index contributed by atoms with van der Waals surface area (Å²) in [6, 6.07) is 13.6. The van der Waals surface area contributed by atoms with Crippen LogP contribution in [0.2, 0.25) is 0 Å². The number of likely N-dealkylation sites (tertiary alicyclic amines) is 1. The minimum atomic E-state index is -0.0271. The van der Waals surface area contributed by atoms with E-state index in [1.54, 1.807) is 14.2 Å². The number of halogens is 1. The first-order valence-electron chi connectivity index (χ1n) is 8.92. The molecule has 0 bridgehead atoms. The van der Waals surface area contributed by atoms with Gasteiger partial charge in [-0.2, -0.15) is 0 Å². The van der Waals surface area contributed by atoms with Gasteiger partial charge in [-0.1, -0.05) is 22.0 Å². The van der Waals surface area contributed by atoms with Crippen molar-refractivity contribution in [1.29, 1.82) is 0 Å². The summed E-state index contributed by atoms with van der Waals surface area (Å²) >= 11 is 3.47. The Labute approximate surface area is 166 Å². The number of methoxy groups -OCH3 is 2. The van der Waals surface area contributed by atoms with Crippen LogP contribution < -0.4 is 9.47 Å². The van der Waals surface area contributed by atoms with Crippen molar-refractivity contribution in [1.82, 2.24) is 9.88 Å². The number of rotatable bonds is 4. The van der Waals surface area contributed by atoms with Gasteiger partial charge in [0.2, 0.25) is 0 Å². The van der Waals surface area contributed by atoms with Gasteiger partial charge in [0, 0.05) is 27.5 Å². The van der Waals surface area contributed by atoms with E-state index in [-0.39, 0.29) is 11.9 Å². The molecule has 27 heavy (non-hydrogen) atoms.